The summed E-state index contributed by atoms with van der Waals surface area (Å²) in [6.07, 6.45) is 0.743. The van der Waals surface area contributed by atoms with E-state index < -0.39 is 26.1 Å². The maximum atomic E-state index is 13.5. The van der Waals surface area contributed by atoms with E-state index in [9.17, 15) is 10.1 Å². The van der Waals surface area contributed by atoms with Gasteiger partial charge in [0.05, 0.1) is 31.4 Å². The van der Waals surface area contributed by atoms with Crippen molar-refractivity contribution in [3.8, 4) is 11.8 Å². The predicted octanol–water partition coefficient (Wildman–Crippen LogP) is 8.01. The molecule has 0 aliphatic heterocycles. The van der Waals surface area contributed by atoms with Gasteiger partial charge >= 0.3 is 6.09 Å². The van der Waals surface area contributed by atoms with Gasteiger partial charge in [0, 0.05) is 11.8 Å². The van der Waals surface area contributed by atoms with Gasteiger partial charge in [-0.1, -0.05) is 51.1 Å². The minimum atomic E-state index is -2.24. The van der Waals surface area contributed by atoms with Gasteiger partial charge in [-0.2, -0.15) is 5.26 Å². The second-order valence-corrected chi connectivity index (χ2v) is 17.1. The molecular formula is C32H41N3O4Si. The summed E-state index contributed by atoms with van der Waals surface area (Å²) < 4.78 is 18.5. The lowest BCUT2D eigenvalue weighted by Crippen LogP contribution is -2.42. The van der Waals surface area contributed by atoms with Crippen LogP contribution < -0.4 is 9.64 Å². The monoisotopic (exact) mass is 559 g/mol. The normalized spacial score (nSPS) is 12.8. The lowest BCUT2D eigenvalue weighted by molar-refractivity contribution is 0.0576. The van der Waals surface area contributed by atoms with Crippen LogP contribution in [0.25, 0.3) is 0 Å². The van der Waals surface area contributed by atoms with Crippen molar-refractivity contribution in [2.45, 2.75) is 77.9 Å². The highest BCUT2D eigenvalue weighted by Gasteiger charge is 2.40. The summed E-state index contributed by atoms with van der Waals surface area (Å²) in [7, 11) is -0.590. The van der Waals surface area contributed by atoms with Crippen LogP contribution >= 0.6 is 0 Å². The zero-order valence-corrected chi connectivity index (χ0v) is 26.1. The van der Waals surface area contributed by atoms with E-state index >= 15 is 0 Å². The van der Waals surface area contributed by atoms with Crippen molar-refractivity contribution in [2.24, 2.45) is 0 Å². The number of pyridine rings is 1. The highest BCUT2D eigenvalue weighted by Crippen LogP contribution is 2.43. The second-order valence-electron chi connectivity index (χ2n) is 12.3. The lowest BCUT2D eigenvalue weighted by atomic mass is 10.0. The molecular weight excluding hydrogens is 518 g/mol. The number of hydrogen-bond donors (Lipinski definition) is 0. The molecule has 1 heterocycles. The molecule has 0 aliphatic rings. The van der Waals surface area contributed by atoms with Gasteiger partial charge in [0.25, 0.3) is 0 Å². The SMILES string of the molecule is COc1ccccc1C(O[Si](C)(C)C(C)(C)C)c1ccnc(N(Cc2ccc(C#N)cc2)C(=O)OC(C)(C)C)c1. The van der Waals surface area contributed by atoms with Crippen LogP contribution in [-0.2, 0) is 15.7 Å². The zero-order chi connectivity index (χ0) is 29.7. The first-order chi connectivity index (χ1) is 18.6. The first kappa shape index (κ1) is 30.9. The number of amides is 1. The van der Waals surface area contributed by atoms with Crippen molar-refractivity contribution in [3.63, 3.8) is 0 Å². The molecule has 3 rings (SSSR count). The first-order valence-electron chi connectivity index (χ1n) is 13.4. The van der Waals surface area contributed by atoms with Crippen LogP contribution in [0.1, 0.15) is 69.9 Å². The molecule has 1 atom stereocenters. The van der Waals surface area contributed by atoms with E-state index in [1.165, 1.54) is 4.90 Å². The molecule has 0 saturated carbocycles. The Morgan fingerprint density at radius 3 is 2.25 bits per heavy atom. The molecule has 8 heteroatoms. The van der Waals surface area contributed by atoms with E-state index in [2.05, 4.69) is 44.9 Å². The van der Waals surface area contributed by atoms with Crippen LogP contribution in [0, 0.1) is 11.3 Å². The lowest BCUT2D eigenvalue weighted by Gasteiger charge is -2.40. The van der Waals surface area contributed by atoms with E-state index in [0.717, 1.165) is 22.4 Å². The molecule has 0 aliphatic carbocycles. The average Bonchev–Trinajstić information content (AvgIpc) is 2.89. The molecule has 0 radical (unpaired) electrons. The highest BCUT2D eigenvalue weighted by atomic mass is 28.4. The minimum Gasteiger partial charge on any atom is -0.496 e. The topological polar surface area (TPSA) is 84.7 Å². The molecule has 0 fully saturated rings. The maximum absolute atomic E-state index is 13.5. The summed E-state index contributed by atoms with van der Waals surface area (Å²) >= 11 is 0. The van der Waals surface area contributed by atoms with Crippen LogP contribution in [0.4, 0.5) is 10.6 Å². The first-order valence-corrected chi connectivity index (χ1v) is 16.3. The largest absolute Gasteiger partial charge is 0.496 e. The van der Waals surface area contributed by atoms with Crippen molar-refractivity contribution < 1.29 is 18.7 Å². The molecule has 0 N–H and O–H groups in total. The van der Waals surface area contributed by atoms with Gasteiger partial charge in [0.1, 0.15) is 17.2 Å². The quantitative estimate of drug-likeness (QED) is 0.260. The summed E-state index contributed by atoms with van der Waals surface area (Å²) in [5.41, 5.74) is 2.46. The number of para-hydroxylation sites is 1. The number of methoxy groups -OCH3 is 1. The highest BCUT2D eigenvalue weighted by molar-refractivity contribution is 6.74. The summed E-state index contributed by atoms with van der Waals surface area (Å²) in [5, 5.41) is 9.16. The van der Waals surface area contributed by atoms with Gasteiger partial charge in [0.2, 0.25) is 0 Å². The van der Waals surface area contributed by atoms with Crippen molar-refractivity contribution in [1.82, 2.24) is 4.98 Å². The number of carbonyl (C=O) groups is 1. The van der Waals surface area contributed by atoms with E-state index in [0.29, 0.717) is 11.4 Å². The number of rotatable bonds is 8. The second kappa shape index (κ2) is 12.2. The molecule has 0 saturated heterocycles. The summed E-state index contributed by atoms with van der Waals surface area (Å²) in [5.74, 6) is 1.17. The number of carbonyl (C=O) groups excluding carboxylic acids is 1. The smallest absolute Gasteiger partial charge is 0.416 e. The van der Waals surface area contributed by atoms with Crippen molar-refractivity contribution in [2.75, 3.05) is 12.0 Å². The molecule has 2 aromatic carbocycles. The van der Waals surface area contributed by atoms with Gasteiger partial charge in [-0.15, -0.1) is 0 Å². The Morgan fingerprint density at radius 1 is 1.02 bits per heavy atom. The predicted molar refractivity (Wildman–Crippen MR) is 161 cm³/mol. The van der Waals surface area contributed by atoms with Gasteiger partial charge in [-0.05, 0) is 80.4 Å². The van der Waals surface area contributed by atoms with E-state index in [1.54, 1.807) is 25.4 Å². The fraction of sp³-hybridized carbons (Fsp3) is 0.406. The molecule has 7 nitrogen and oxygen atoms in total. The van der Waals surface area contributed by atoms with E-state index in [-0.39, 0.29) is 11.6 Å². The van der Waals surface area contributed by atoms with Crippen LogP contribution in [0.3, 0.4) is 0 Å². The van der Waals surface area contributed by atoms with Crippen LogP contribution in [0.2, 0.25) is 18.1 Å². The number of nitrogens with zero attached hydrogens (tertiary/aromatic N) is 3. The van der Waals surface area contributed by atoms with Crippen molar-refractivity contribution in [3.05, 3.63) is 89.1 Å². The average molecular weight is 560 g/mol. The fourth-order valence-corrected chi connectivity index (χ4v) is 5.04. The molecule has 212 valence electrons. The molecule has 1 amide bonds. The standard InChI is InChI=1S/C32H41N3O4Si/c1-31(2,3)38-30(36)35(22-24-16-14-23(21-33)15-17-24)28-20-25(18-19-34-28)29(39-40(8,9)32(4,5)6)26-12-10-11-13-27(26)37-7/h10-20,29H,22H2,1-9H3. The summed E-state index contributed by atoms with van der Waals surface area (Å²) in [4.78, 5) is 19.6. The third-order valence-corrected chi connectivity index (χ3v) is 11.5. The number of benzene rings is 2. The Bertz CT molecular complexity index is 1350. The third kappa shape index (κ3) is 7.71. The number of nitriles is 1. The molecule has 0 bridgehead atoms. The summed E-state index contributed by atoms with van der Waals surface area (Å²) in [6, 6.07) is 20.9. The van der Waals surface area contributed by atoms with E-state index in [4.69, 9.17) is 13.9 Å². The van der Waals surface area contributed by atoms with Gasteiger partial charge in [-0.25, -0.2) is 9.78 Å². The van der Waals surface area contributed by atoms with Crippen LogP contribution in [0.15, 0.2) is 66.9 Å². The maximum Gasteiger partial charge on any atom is 0.416 e. The Balaban J connectivity index is 2.12. The van der Waals surface area contributed by atoms with E-state index in [1.807, 2.05) is 69.3 Å². The zero-order valence-electron chi connectivity index (χ0n) is 25.1. The van der Waals surface area contributed by atoms with Crippen LogP contribution in [0.5, 0.6) is 5.75 Å². The van der Waals surface area contributed by atoms with Gasteiger partial charge < -0.3 is 13.9 Å². The Labute approximate surface area is 239 Å². The number of anilines is 1. The van der Waals surface area contributed by atoms with Crippen molar-refractivity contribution >= 4 is 20.2 Å². The van der Waals surface area contributed by atoms with Crippen LogP contribution in [-0.4, -0.2) is 32.1 Å². The van der Waals surface area contributed by atoms with Gasteiger partial charge in [-0.3, -0.25) is 4.90 Å². The summed E-state index contributed by atoms with van der Waals surface area (Å²) in [6.45, 7) is 16.8. The minimum absolute atomic E-state index is 0.0265. The molecule has 1 aromatic heterocycles. The molecule has 1 unspecified atom stereocenters. The third-order valence-electron chi connectivity index (χ3n) is 7.03. The number of ether oxygens (including phenoxy) is 2. The van der Waals surface area contributed by atoms with Gasteiger partial charge in [0.15, 0.2) is 8.32 Å². The number of aromatic nitrogens is 1. The Kier molecular flexibility index (Phi) is 9.44. The molecule has 0 spiro atoms. The molecule has 3 aromatic rings. The molecule has 40 heavy (non-hydrogen) atoms. The fourth-order valence-electron chi connectivity index (χ4n) is 3.83. The van der Waals surface area contributed by atoms with Crippen molar-refractivity contribution in [1.29, 1.82) is 5.26 Å². The Morgan fingerprint density at radius 2 is 1.68 bits per heavy atom. The number of hydrogen-bond acceptors (Lipinski definition) is 6. The Hall–Kier alpha value is -3.67.